The summed E-state index contributed by atoms with van der Waals surface area (Å²) in [5.41, 5.74) is 4.97. The van der Waals surface area contributed by atoms with Crippen molar-refractivity contribution < 1.29 is 14.8 Å². The molecule has 0 radical (unpaired) electrons. The second-order valence-electron chi connectivity index (χ2n) is 4.03. The summed E-state index contributed by atoms with van der Waals surface area (Å²) in [4.78, 5) is 11.5. The Morgan fingerprint density at radius 1 is 1.43 bits per heavy atom. The zero-order chi connectivity index (χ0) is 11.0. The number of carbonyl (C=O) groups excluding carboxylic acids is 1. The highest BCUT2D eigenvalue weighted by molar-refractivity contribution is 5.75. The molecule has 0 bridgehead atoms. The van der Waals surface area contributed by atoms with E-state index in [0.29, 0.717) is 13.2 Å². The molecule has 0 aliphatic rings. The number of carbonyl (C=O) groups is 1. The van der Waals surface area contributed by atoms with Crippen LogP contribution in [0.5, 0.6) is 0 Å². The lowest BCUT2D eigenvalue weighted by molar-refractivity contribution is -0.653. The maximum Gasteiger partial charge on any atom is 0.311 e. The first-order chi connectivity index (χ1) is 6.54. The monoisotopic (exact) mass is 203 g/mol. The summed E-state index contributed by atoms with van der Waals surface area (Å²) in [5, 5.41) is 2.05. The second-order valence-corrected chi connectivity index (χ2v) is 4.03. The van der Waals surface area contributed by atoms with Gasteiger partial charge in [-0.25, -0.2) is 0 Å². The lowest BCUT2D eigenvalue weighted by Gasteiger charge is -2.19. The largest absolute Gasteiger partial charge is 0.459 e. The molecular weight excluding hydrogens is 180 g/mol. The van der Waals surface area contributed by atoms with E-state index in [2.05, 4.69) is 0 Å². The highest BCUT2D eigenvalue weighted by Crippen LogP contribution is 2.20. The molecule has 0 amide bonds. The molecule has 0 saturated carbocycles. The van der Waals surface area contributed by atoms with Gasteiger partial charge in [-0.1, -0.05) is 6.92 Å². The smallest absolute Gasteiger partial charge is 0.311 e. The van der Waals surface area contributed by atoms with Crippen molar-refractivity contribution in [2.24, 2.45) is 11.1 Å². The lowest BCUT2D eigenvalue weighted by Crippen LogP contribution is -2.86. The van der Waals surface area contributed by atoms with E-state index in [4.69, 9.17) is 10.5 Å². The van der Waals surface area contributed by atoms with Crippen LogP contribution in [-0.2, 0) is 9.53 Å². The minimum absolute atomic E-state index is 0.110. The first kappa shape index (κ1) is 13.4. The Morgan fingerprint density at radius 2 is 2.07 bits per heavy atom. The van der Waals surface area contributed by atoms with Crippen LogP contribution in [0.2, 0.25) is 0 Å². The summed E-state index contributed by atoms with van der Waals surface area (Å²) < 4.78 is 5.13. The summed E-state index contributed by atoms with van der Waals surface area (Å²) in [5.74, 6) is -0.110. The Balaban J connectivity index is 3.54. The van der Waals surface area contributed by atoms with E-state index < -0.39 is 0 Å². The molecule has 0 rings (SSSR count). The minimum Gasteiger partial charge on any atom is -0.459 e. The summed E-state index contributed by atoms with van der Waals surface area (Å²) >= 11 is 0. The Bertz CT molecular complexity index is 170. The predicted octanol–water partition coefficient (Wildman–Crippen LogP) is -0.512. The van der Waals surface area contributed by atoms with E-state index >= 15 is 0 Å². The molecule has 14 heavy (non-hydrogen) atoms. The Hall–Kier alpha value is -0.610. The van der Waals surface area contributed by atoms with Crippen LogP contribution < -0.4 is 11.1 Å². The van der Waals surface area contributed by atoms with Gasteiger partial charge in [0.15, 0.2) is 0 Å². The third-order valence-electron chi connectivity index (χ3n) is 2.36. The highest BCUT2D eigenvalue weighted by Gasteiger charge is 2.26. The standard InChI is InChI=1S/C10H22N2O2/c1-4-10(2,3)9(13)14-8-7-12-6-5-11/h12H,4-8,11H2,1-3H3/p+1. The average molecular weight is 203 g/mol. The minimum atomic E-state index is -0.353. The van der Waals surface area contributed by atoms with Crippen molar-refractivity contribution in [1.29, 1.82) is 0 Å². The van der Waals surface area contributed by atoms with Gasteiger partial charge in [0.2, 0.25) is 0 Å². The van der Waals surface area contributed by atoms with Gasteiger partial charge in [0.1, 0.15) is 13.2 Å². The third kappa shape index (κ3) is 5.19. The molecule has 0 aromatic carbocycles. The molecule has 0 aromatic heterocycles. The molecule has 4 heteroatoms. The SMILES string of the molecule is CCC(C)(C)C(=O)OCC[NH2+]CCN. The third-order valence-corrected chi connectivity index (χ3v) is 2.36. The summed E-state index contributed by atoms with van der Waals surface area (Å²) in [6.07, 6.45) is 0.804. The quantitative estimate of drug-likeness (QED) is 0.432. The summed E-state index contributed by atoms with van der Waals surface area (Å²) in [6, 6.07) is 0. The normalized spacial score (nSPS) is 11.4. The number of rotatable bonds is 7. The molecule has 0 unspecified atom stereocenters. The van der Waals surface area contributed by atoms with E-state index in [-0.39, 0.29) is 11.4 Å². The van der Waals surface area contributed by atoms with Crippen molar-refractivity contribution in [3.8, 4) is 0 Å². The Morgan fingerprint density at radius 3 is 2.57 bits per heavy atom. The van der Waals surface area contributed by atoms with Crippen LogP contribution in [0.1, 0.15) is 27.2 Å². The molecule has 4 N–H and O–H groups in total. The van der Waals surface area contributed by atoms with Crippen LogP contribution in [0.15, 0.2) is 0 Å². The summed E-state index contributed by atoms with van der Waals surface area (Å²) in [7, 11) is 0. The van der Waals surface area contributed by atoms with Crippen LogP contribution in [0, 0.1) is 5.41 Å². The van der Waals surface area contributed by atoms with Crippen molar-refractivity contribution in [2.45, 2.75) is 27.2 Å². The second kappa shape index (κ2) is 6.79. The summed E-state index contributed by atoms with van der Waals surface area (Å²) in [6.45, 7) is 8.60. The molecular formula is C10H23N2O2+. The first-order valence-corrected chi connectivity index (χ1v) is 5.23. The van der Waals surface area contributed by atoms with Gasteiger partial charge in [-0.15, -0.1) is 0 Å². The number of hydrogen-bond acceptors (Lipinski definition) is 3. The van der Waals surface area contributed by atoms with E-state index in [1.165, 1.54) is 0 Å². The Kier molecular flexibility index (Phi) is 6.49. The molecule has 0 heterocycles. The van der Waals surface area contributed by atoms with Gasteiger partial charge < -0.3 is 15.8 Å². The molecule has 0 fully saturated rings. The number of quaternary nitrogens is 1. The zero-order valence-corrected chi connectivity index (χ0v) is 9.51. The van der Waals surface area contributed by atoms with Crippen molar-refractivity contribution >= 4 is 5.97 Å². The number of ether oxygens (including phenoxy) is 1. The molecule has 0 atom stereocenters. The number of nitrogens with two attached hydrogens (primary N) is 2. The van der Waals surface area contributed by atoms with Gasteiger partial charge in [-0.05, 0) is 20.3 Å². The predicted molar refractivity (Wildman–Crippen MR) is 55.7 cm³/mol. The van der Waals surface area contributed by atoms with Crippen molar-refractivity contribution in [2.75, 3.05) is 26.2 Å². The van der Waals surface area contributed by atoms with Gasteiger partial charge in [-0.3, -0.25) is 4.79 Å². The Labute approximate surface area is 86.2 Å². The van der Waals surface area contributed by atoms with E-state index in [1.54, 1.807) is 0 Å². The van der Waals surface area contributed by atoms with E-state index in [1.807, 2.05) is 26.1 Å². The maximum absolute atomic E-state index is 11.5. The first-order valence-electron chi connectivity index (χ1n) is 5.23. The van der Waals surface area contributed by atoms with Crippen LogP contribution in [-0.4, -0.2) is 32.2 Å². The van der Waals surface area contributed by atoms with Crippen LogP contribution in [0.4, 0.5) is 0 Å². The number of hydrogen-bond donors (Lipinski definition) is 2. The van der Waals surface area contributed by atoms with Crippen molar-refractivity contribution in [3.63, 3.8) is 0 Å². The zero-order valence-electron chi connectivity index (χ0n) is 9.51. The van der Waals surface area contributed by atoms with Crippen molar-refractivity contribution in [3.05, 3.63) is 0 Å². The fourth-order valence-corrected chi connectivity index (χ4v) is 0.837. The fourth-order valence-electron chi connectivity index (χ4n) is 0.837. The van der Waals surface area contributed by atoms with Gasteiger partial charge in [-0.2, -0.15) is 0 Å². The topological polar surface area (TPSA) is 68.9 Å². The number of esters is 1. The maximum atomic E-state index is 11.5. The van der Waals surface area contributed by atoms with Gasteiger partial charge >= 0.3 is 5.97 Å². The van der Waals surface area contributed by atoms with Gasteiger partial charge in [0, 0.05) is 6.54 Å². The average Bonchev–Trinajstić information content (AvgIpc) is 2.17. The van der Waals surface area contributed by atoms with E-state index in [9.17, 15) is 4.79 Å². The van der Waals surface area contributed by atoms with E-state index in [0.717, 1.165) is 19.5 Å². The lowest BCUT2D eigenvalue weighted by atomic mass is 9.91. The molecule has 0 aliphatic heterocycles. The van der Waals surface area contributed by atoms with Crippen LogP contribution >= 0.6 is 0 Å². The molecule has 0 aliphatic carbocycles. The molecule has 0 spiro atoms. The van der Waals surface area contributed by atoms with Gasteiger partial charge in [0.25, 0.3) is 0 Å². The molecule has 0 aromatic rings. The van der Waals surface area contributed by atoms with Gasteiger partial charge in [0.05, 0.1) is 12.0 Å². The van der Waals surface area contributed by atoms with Crippen LogP contribution in [0.3, 0.4) is 0 Å². The highest BCUT2D eigenvalue weighted by atomic mass is 16.5. The van der Waals surface area contributed by atoms with Crippen LogP contribution in [0.25, 0.3) is 0 Å². The van der Waals surface area contributed by atoms with Crippen molar-refractivity contribution in [1.82, 2.24) is 0 Å². The molecule has 84 valence electrons. The molecule has 4 nitrogen and oxygen atoms in total. The molecule has 0 saturated heterocycles. The fraction of sp³-hybridized carbons (Fsp3) is 0.900.